The van der Waals surface area contributed by atoms with Crippen molar-refractivity contribution < 1.29 is 46.9 Å². The smallest absolute Gasteiger partial charge is 0.410 e. The first-order valence-electron chi connectivity index (χ1n) is 39.4. The second-order valence-electron chi connectivity index (χ2n) is 33.6. The number of benzene rings is 4. The summed E-state index contributed by atoms with van der Waals surface area (Å²) >= 11 is 3.70. The molecule has 0 unspecified atom stereocenters. The fraction of sp³-hybridized carbons (Fsp3) is 0.600. The fourth-order valence-electron chi connectivity index (χ4n) is 12.6. The number of nitrogens with zero attached hydrogens (tertiary/aromatic N) is 9. The topological polar surface area (TPSA) is 215 Å². The zero-order chi connectivity index (χ0) is 79.7. The number of aryl methyl sites for hydroxylation is 4. The number of amides is 2. The first-order valence-corrected chi connectivity index (χ1v) is 46.0. The maximum atomic E-state index is 12.8. The molecule has 2 aliphatic heterocycles. The molecule has 22 nitrogen and oxygen atoms in total. The Labute approximate surface area is 667 Å². The molecular weight excluding hydrogens is 1490 g/mol. The van der Waals surface area contributed by atoms with Gasteiger partial charge in [-0.3, -0.25) is 0 Å². The van der Waals surface area contributed by atoms with E-state index in [9.17, 15) is 9.59 Å². The van der Waals surface area contributed by atoms with Gasteiger partial charge in [0.1, 0.15) is 56.9 Å². The number of nitrogens with one attached hydrogen (secondary N) is 3. The molecule has 608 valence electrons. The van der Waals surface area contributed by atoms with Gasteiger partial charge in [0.25, 0.3) is 0 Å². The van der Waals surface area contributed by atoms with Crippen LogP contribution in [-0.2, 0) is 57.3 Å². The average molecular weight is 1620 g/mol. The second-order valence-corrected chi connectivity index (χ2v) is 44.1. The summed E-state index contributed by atoms with van der Waals surface area (Å²) in [4.78, 5) is 51.0. The van der Waals surface area contributed by atoms with Crippen molar-refractivity contribution in [3.05, 3.63) is 100 Å². The van der Waals surface area contributed by atoms with E-state index in [1.54, 1.807) is 33.3 Å². The number of aromatic nitrogens is 6. The van der Waals surface area contributed by atoms with Crippen LogP contribution in [-0.4, -0.2) is 173 Å². The van der Waals surface area contributed by atoms with Crippen LogP contribution >= 0.6 is 15.9 Å². The lowest BCUT2D eigenvalue weighted by Crippen LogP contribution is -2.50. The van der Waals surface area contributed by atoms with Crippen LogP contribution in [0.2, 0.25) is 36.3 Å². The van der Waals surface area contributed by atoms with E-state index in [0.29, 0.717) is 26.2 Å². The van der Waals surface area contributed by atoms with Crippen molar-refractivity contribution in [3.8, 4) is 23.0 Å². The summed E-state index contributed by atoms with van der Waals surface area (Å²) in [5, 5.41) is 13.0. The van der Waals surface area contributed by atoms with Crippen molar-refractivity contribution >= 4 is 106 Å². The van der Waals surface area contributed by atoms with Gasteiger partial charge in [-0.1, -0.05) is 91.6 Å². The number of halogens is 1. The van der Waals surface area contributed by atoms with E-state index in [-0.39, 0.29) is 35.3 Å². The Bertz CT molecular complexity index is 4300. The quantitative estimate of drug-likeness (QED) is 0.0293. The van der Waals surface area contributed by atoms with Crippen molar-refractivity contribution in [2.75, 3.05) is 110 Å². The van der Waals surface area contributed by atoms with Gasteiger partial charge in [-0.25, -0.2) is 29.5 Å². The summed E-state index contributed by atoms with van der Waals surface area (Å²) < 4.78 is 52.0. The Kier molecular flexibility index (Phi) is 32.5. The van der Waals surface area contributed by atoms with Crippen molar-refractivity contribution in [1.82, 2.24) is 44.2 Å². The number of hydrogen-bond donors (Lipinski definition) is 3. The molecule has 0 spiro atoms. The van der Waals surface area contributed by atoms with E-state index >= 15 is 0 Å². The molecule has 110 heavy (non-hydrogen) atoms. The van der Waals surface area contributed by atoms with E-state index in [0.717, 1.165) is 241 Å². The molecule has 6 heterocycles. The Balaban J connectivity index is 0.000000266. The Morgan fingerprint density at radius 2 is 0.927 bits per heavy atom. The molecule has 2 amide bonds. The molecule has 0 saturated carbocycles. The van der Waals surface area contributed by atoms with Crippen molar-refractivity contribution in [1.29, 1.82) is 0 Å². The van der Waals surface area contributed by atoms with Gasteiger partial charge in [-0.15, -0.1) is 0 Å². The maximum absolute atomic E-state index is 12.8. The summed E-state index contributed by atoms with van der Waals surface area (Å²) in [5.41, 5.74) is 8.13. The first-order chi connectivity index (χ1) is 51.5. The number of rotatable bonds is 29. The van der Waals surface area contributed by atoms with Gasteiger partial charge in [0, 0.05) is 149 Å². The minimum atomic E-state index is -1.82. The Hall–Kier alpha value is -7.43. The number of methoxy groups -OCH3 is 4. The normalized spacial score (nSPS) is 13.9. The van der Waals surface area contributed by atoms with Crippen LogP contribution in [0.5, 0.6) is 23.0 Å². The molecule has 0 aliphatic carbocycles. The monoisotopic (exact) mass is 1620 g/mol. The van der Waals surface area contributed by atoms with Gasteiger partial charge in [-0.2, -0.15) is 0 Å². The number of piperazine rings is 2. The van der Waals surface area contributed by atoms with E-state index < -0.39 is 22.2 Å². The number of imidazole rings is 2. The van der Waals surface area contributed by atoms with Gasteiger partial charge in [-0.05, 0) is 177 Å². The zero-order valence-electron chi connectivity index (χ0n) is 69.9. The average Bonchev–Trinajstić information content (AvgIpc) is 1.57. The maximum Gasteiger partial charge on any atom is 0.410 e. The molecule has 2 aliphatic rings. The number of pyridine rings is 2. The molecule has 3 N–H and O–H groups in total. The van der Waals surface area contributed by atoms with Crippen LogP contribution < -0.4 is 39.8 Å². The molecule has 0 bridgehead atoms. The second kappa shape index (κ2) is 39.8. The fourth-order valence-corrected chi connectivity index (χ4v) is 15.2. The lowest BCUT2D eigenvalue weighted by Gasteiger charge is -2.36. The van der Waals surface area contributed by atoms with Gasteiger partial charge >= 0.3 is 12.2 Å². The highest BCUT2D eigenvalue weighted by Crippen LogP contribution is 2.40. The lowest BCUT2D eigenvalue weighted by molar-refractivity contribution is 0.0223. The van der Waals surface area contributed by atoms with E-state index in [1.807, 2.05) is 88.9 Å². The number of unbranched alkanes of at least 4 members (excludes halogenated alkanes) is 4. The highest BCUT2D eigenvalue weighted by molar-refractivity contribution is 9.10. The largest absolute Gasteiger partial charge is 0.497 e. The number of carbonyl (C=O) groups excluding carboxylic acids is 2. The number of hydrogen-bond acceptors (Lipinski definition) is 18. The molecule has 4 aromatic heterocycles. The summed E-state index contributed by atoms with van der Waals surface area (Å²) in [5.74, 6) is 6.80. The minimum Gasteiger partial charge on any atom is -0.497 e. The summed E-state index contributed by atoms with van der Waals surface area (Å²) in [7, 11) is 3.12. The van der Waals surface area contributed by atoms with Crippen LogP contribution in [0.3, 0.4) is 0 Å². The third kappa shape index (κ3) is 24.3. The van der Waals surface area contributed by atoms with Crippen molar-refractivity contribution in [2.24, 2.45) is 0 Å². The van der Waals surface area contributed by atoms with Gasteiger partial charge < -0.3 is 77.1 Å². The summed E-state index contributed by atoms with van der Waals surface area (Å²) in [6, 6.07) is 24.6. The molecular formula is C85H133BrN12O10Si2. The van der Waals surface area contributed by atoms with Crippen molar-refractivity contribution in [3.63, 3.8) is 0 Å². The first kappa shape index (κ1) is 89.8. The molecule has 0 radical (unpaired) electrons. The number of carbonyl (C=O) groups is 2. The van der Waals surface area contributed by atoms with E-state index in [4.69, 9.17) is 57.2 Å². The molecule has 8 aromatic rings. The number of anilines is 3. The molecule has 4 aromatic carbocycles. The van der Waals surface area contributed by atoms with Crippen LogP contribution in [0.25, 0.3) is 43.9 Å². The predicted octanol–water partition coefficient (Wildman–Crippen LogP) is 20.0. The number of fused-ring (bicyclic) bond motifs is 6. The lowest BCUT2D eigenvalue weighted by atomic mass is 10.1. The van der Waals surface area contributed by atoms with Gasteiger partial charge in [0.15, 0.2) is 28.3 Å². The molecule has 0 atom stereocenters. The van der Waals surface area contributed by atoms with Crippen LogP contribution in [0, 0.1) is 0 Å². The van der Waals surface area contributed by atoms with E-state index in [2.05, 4.69) is 158 Å². The Morgan fingerprint density at radius 3 is 1.33 bits per heavy atom. The molecule has 2 saturated heterocycles. The highest BCUT2D eigenvalue weighted by Gasteiger charge is 2.38. The van der Waals surface area contributed by atoms with E-state index in [1.165, 1.54) is 0 Å². The zero-order valence-corrected chi connectivity index (χ0v) is 73.5. The number of ether oxygens (including phenoxy) is 6. The standard InChI is InChI=1S/C42H64N6O5Si.C33H47BrN4O3Si.C9H18N2O2.CH4/c1-12-13-16-36-45-37-38(48(36)21-14-15-26-52-54(10,11)42(5,6)7)33-27-31(46-22-24-47(25-23-46)40(49)53-41(2,3)4)18-20-34(33)44-39(37)43-29-30-17-19-32(50-8)28-35(30)51-9;1-9-10-13-29-37-30-31(38(29)18-11-12-19-41-42(7,8)33(2,3)4)26-20-24(34)15-17-27(26)36-32(30)35-22-23-14-16-25(39-5)21-28(23)40-6;1-9(2,3)13-8(12)11-6-4-10-5-7-11;/h17-20,27-28H,12-16,21-26,29H2,1-11H3,(H,43,44);14-17,20-21H,9-13,18-19,22H2,1-8H3,(H,35,36);10H,4-7H2,1-3H3;1H4. The third-order valence-electron chi connectivity index (χ3n) is 21.0. The molecule has 10 rings (SSSR count). The molecule has 25 heteroatoms. The minimum absolute atomic E-state index is 0. The third-order valence-corrected chi connectivity index (χ3v) is 30.6. The SMILES string of the molecule is C.CC(C)(C)OC(=O)N1CCNCC1.CCCCc1nc2c(NCc3ccc(OC)cc3OC)nc3ccc(Br)cc3c2n1CCCCO[Si](C)(C)C(C)(C)C.CCCCc1nc2c(NCc3ccc(OC)cc3OC)nc3ccc(N4CCN(C(=O)OC(C)(C)C)CC4)cc3c2n1CCCCO[Si](C)(C)C(C)(C)C. The van der Waals surface area contributed by atoms with Crippen LogP contribution in [0.15, 0.2) is 77.3 Å². The van der Waals surface area contributed by atoms with Crippen LogP contribution in [0.4, 0.5) is 26.9 Å². The summed E-state index contributed by atoms with van der Waals surface area (Å²) in [6.45, 7) is 49.1. The van der Waals surface area contributed by atoms with Crippen molar-refractivity contribution in [2.45, 2.75) is 242 Å². The Morgan fingerprint density at radius 1 is 0.509 bits per heavy atom. The molecule has 2 fully saturated rings. The van der Waals surface area contributed by atoms with Crippen LogP contribution in [0.1, 0.15) is 179 Å². The van der Waals surface area contributed by atoms with Gasteiger partial charge in [0.05, 0.1) is 50.5 Å². The predicted molar refractivity (Wildman–Crippen MR) is 461 cm³/mol. The summed E-state index contributed by atoms with van der Waals surface area (Å²) in [6.07, 6.45) is 9.77. The highest BCUT2D eigenvalue weighted by atomic mass is 79.9. The van der Waals surface area contributed by atoms with Gasteiger partial charge in [0.2, 0.25) is 0 Å².